The summed E-state index contributed by atoms with van der Waals surface area (Å²) in [5, 5.41) is 0.929. The molecule has 2 fully saturated rings. The molecule has 6 rings (SSSR count). The Labute approximate surface area is 225 Å². The van der Waals surface area contributed by atoms with Gasteiger partial charge in [-0.15, -0.1) is 0 Å². The highest BCUT2D eigenvalue weighted by atomic mass is 16.8. The number of rotatable bonds is 7. The van der Waals surface area contributed by atoms with E-state index >= 15 is 0 Å². The number of aromatic amines is 1. The van der Waals surface area contributed by atoms with Crippen LogP contribution in [0.1, 0.15) is 23.6 Å². The standard InChI is InChI=1S/C29H29N3O7/c33-26-10-11-27(34)39-29(38-26)25(18-21-19-30-23-9-5-4-8-22(21)23)37-28(35)32(29)24(20-6-2-1-3-7-20)12-13-31-14-16-36-17-15-31/h1-11,19,24-25,30H,12-18H2. The molecule has 10 heteroatoms. The van der Waals surface area contributed by atoms with Gasteiger partial charge in [-0.05, 0) is 23.6 Å². The molecule has 10 nitrogen and oxygen atoms in total. The van der Waals surface area contributed by atoms with Gasteiger partial charge in [0.15, 0.2) is 0 Å². The lowest BCUT2D eigenvalue weighted by Gasteiger charge is -2.40. The number of fused-ring (bicyclic) bond motifs is 1. The summed E-state index contributed by atoms with van der Waals surface area (Å²) >= 11 is 0. The Morgan fingerprint density at radius 2 is 1.62 bits per heavy atom. The number of para-hydroxylation sites is 1. The molecule has 0 saturated carbocycles. The average molecular weight is 532 g/mol. The molecule has 4 heterocycles. The third-order valence-electron chi connectivity index (χ3n) is 7.43. The summed E-state index contributed by atoms with van der Waals surface area (Å²) in [4.78, 5) is 46.1. The fourth-order valence-electron chi connectivity index (χ4n) is 5.54. The number of cyclic esters (lactones) is 1. The van der Waals surface area contributed by atoms with Crippen molar-refractivity contribution in [2.75, 3.05) is 32.8 Å². The second-order valence-electron chi connectivity index (χ2n) is 9.78. The lowest BCUT2D eigenvalue weighted by molar-refractivity contribution is -0.284. The van der Waals surface area contributed by atoms with E-state index in [9.17, 15) is 14.4 Å². The van der Waals surface area contributed by atoms with Gasteiger partial charge >= 0.3 is 23.9 Å². The van der Waals surface area contributed by atoms with E-state index in [4.69, 9.17) is 18.9 Å². The third-order valence-corrected chi connectivity index (χ3v) is 7.43. The van der Waals surface area contributed by atoms with Crippen LogP contribution in [0, 0.1) is 0 Å². The number of nitrogens with zero attached hydrogens (tertiary/aromatic N) is 2. The van der Waals surface area contributed by atoms with Gasteiger partial charge in [0.05, 0.1) is 19.3 Å². The Morgan fingerprint density at radius 1 is 0.923 bits per heavy atom. The minimum absolute atomic E-state index is 0.151. The van der Waals surface area contributed by atoms with Gasteiger partial charge in [0.1, 0.15) is 0 Å². The first-order valence-electron chi connectivity index (χ1n) is 13.1. The van der Waals surface area contributed by atoms with Crippen LogP contribution in [0.25, 0.3) is 10.9 Å². The van der Waals surface area contributed by atoms with Crippen LogP contribution in [-0.2, 0) is 35.0 Å². The number of nitrogens with one attached hydrogen (secondary N) is 1. The number of hydrogen-bond acceptors (Lipinski definition) is 8. The van der Waals surface area contributed by atoms with Crippen molar-refractivity contribution in [1.29, 1.82) is 0 Å². The number of carbonyl (C=O) groups excluding carboxylic acids is 3. The van der Waals surface area contributed by atoms with Crippen LogP contribution < -0.4 is 0 Å². The first-order chi connectivity index (χ1) is 19.0. The van der Waals surface area contributed by atoms with Crippen LogP contribution in [0.15, 0.2) is 72.9 Å². The van der Waals surface area contributed by atoms with Crippen molar-refractivity contribution in [2.45, 2.75) is 30.9 Å². The van der Waals surface area contributed by atoms with Crippen LogP contribution in [0.5, 0.6) is 0 Å². The molecule has 3 aromatic rings. The van der Waals surface area contributed by atoms with Crippen molar-refractivity contribution < 1.29 is 33.3 Å². The number of ether oxygens (including phenoxy) is 4. The molecule has 0 radical (unpaired) electrons. The van der Waals surface area contributed by atoms with E-state index in [1.807, 2.05) is 60.8 Å². The van der Waals surface area contributed by atoms with Crippen LogP contribution in [0.3, 0.4) is 0 Å². The minimum Gasteiger partial charge on any atom is -0.435 e. The summed E-state index contributed by atoms with van der Waals surface area (Å²) in [5.41, 5.74) is 2.55. The predicted octanol–water partition coefficient (Wildman–Crippen LogP) is 3.30. The number of esters is 2. The summed E-state index contributed by atoms with van der Waals surface area (Å²) in [6.07, 6.45) is 2.64. The van der Waals surface area contributed by atoms with Crippen molar-refractivity contribution in [3.05, 3.63) is 84.1 Å². The maximum Gasteiger partial charge on any atom is 0.417 e. The van der Waals surface area contributed by atoms with Crippen LogP contribution in [0.4, 0.5) is 4.79 Å². The number of carbonyl (C=O) groups is 3. The van der Waals surface area contributed by atoms with Gasteiger partial charge in [0, 0.05) is 55.3 Å². The van der Waals surface area contributed by atoms with E-state index in [1.54, 1.807) is 0 Å². The SMILES string of the molecule is O=C1C=CC(=O)OC2(O1)C(Cc1c[nH]c3ccccc13)OC(=O)N2C(CCN1CCOCC1)c1ccccc1. The Morgan fingerprint density at radius 3 is 2.36 bits per heavy atom. The molecule has 1 spiro atoms. The molecule has 3 aliphatic rings. The van der Waals surface area contributed by atoms with E-state index in [0.29, 0.717) is 26.2 Å². The first kappa shape index (κ1) is 25.1. The molecule has 202 valence electrons. The van der Waals surface area contributed by atoms with Gasteiger partial charge in [-0.1, -0.05) is 48.5 Å². The van der Waals surface area contributed by atoms with E-state index < -0.39 is 36.1 Å². The molecule has 2 aromatic carbocycles. The van der Waals surface area contributed by atoms with Crippen molar-refractivity contribution in [3.63, 3.8) is 0 Å². The van der Waals surface area contributed by atoms with Crippen molar-refractivity contribution in [3.8, 4) is 0 Å². The van der Waals surface area contributed by atoms with Crippen molar-refractivity contribution in [1.82, 2.24) is 14.8 Å². The molecule has 3 aliphatic heterocycles. The molecule has 1 amide bonds. The molecule has 39 heavy (non-hydrogen) atoms. The molecule has 0 aliphatic carbocycles. The van der Waals surface area contributed by atoms with Gasteiger partial charge in [-0.2, -0.15) is 0 Å². The largest absolute Gasteiger partial charge is 0.435 e. The Kier molecular flexibility index (Phi) is 6.80. The van der Waals surface area contributed by atoms with Crippen LogP contribution in [-0.4, -0.2) is 77.7 Å². The smallest absolute Gasteiger partial charge is 0.417 e. The van der Waals surface area contributed by atoms with Gasteiger partial charge in [-0.25, -0.2) is 19.3 Å². The molecule has 2 atom stereocenters. The first-order valence-corrected chi connectivity index (χ1v) is 13.1. The molecule has 2 unspecified atom stereocenters. The van der Waals surface area contributed by atoms with Gasteiger partial charge in [-0.3, -0.25) is 4.90 Å². The Balaban J connectivity index is 1.40. The Bertz CT molecular complexity index is 1380. The molecular weight excluding hydrogens is 502 g/mol. The normalized spacial score (nSPS) is 22.0. The highest BCUT2D eigenvalue weighted by molar-refractivity contribution is 5.94. The highest BCUT2D eigenvalue weighted by Crippen LogP contribution is 2.44. The molecule has 2 saturated heterocycles. The van der Waals surface area contributed by atoms with Crippen molar-refractivity contribution in [2.24, 2.45) is 0 Å². The lowest BCUT2D eigenvalue weighted by Crippen LogP contribution is -2.58. The summed E-state index contributed by atoms with van der Waals surface area (Å²) in [7, 11) is 0. The van der Waals surface area contributed by atoms with E-state index in [0.717, 1.165) is 47.3 Å². The zero-order chi connectivity index (χ0) is 26.8. The van der Waals surface area contributed by atoms with Gasteiger partial charge in [0.25, 0.3) is 0 Å². The zero-order valence-corrected chi connectivity index (χ0v) is 21.3. The molecular formula is C29H29N3O7. The summed E-state index contributed by atoms with van der Waals surface area (Å²) in [6.45, 7) is 3.47. The van der Waals surface area contributed by atoms with Crippen LogP contribution in [0.2, 0.25) is 0 Å². The minimum atomic E-state index is -2.10. The number of amides is 1. The lowest BCUT2D eigenvalue weighted by atomic mass is 9.98. The summed E-state index contributed by atoms with van der Waals surface area (Å²) in [6, 6.07) is 16.5. The third kappa shape index (κ3) is 4.88. The fourth-order valence-corrected chi connectivity index (χ4v) is 5.54. The second-order valence-corrected chi connectivity index (χ2v) is 9.78. The zero-order valence-electron chi connectivity index (χ0n) is 21.3. The number of morpholine rings is 1. The Hall–Kier alpha value is -4.15. The molecule has 1 N–H and O–H groups in total. The van der Waals surface area contributed by atoms with Gasteiger partial charge in [0.2, 0.25) is 6.10 Å². The molecule has 0 bridgehead atoms. The second kappa shape index (κ2) is 10.5. The number of aromatic nitrogens is 1. The van der Waals surface area contributed by atoms with Crippen molar-refractivity contribution >= 4 is 28.9 Å². The van der Waals surface area contributed by atoms with Gasteiger partial charge < -0.3 is 23.9 Å². The van der Waals surface area contributed by atoms with E-state index in [-0.39, 0.29) is 6.42 Å². The number of H-pyrrole nitrogens is 1. The predicted molar refractivity (Wildman–Crippen MR) is 139 cm³/mol. The monoisotopic (exact) mass is 531 g/mol. The van der Waals surface area contributed by atoms with E-state index in [1.165, 1.54) is 4.90 Å². The summed E-state index contributed by atoms with van der Waals surface area (Å²) in [5.74, 6) is -3.69. The maximum atomic E-state index is 13.7. The number of hydrogen-bond donors (Lipinski definition) is 1. The van der Waals surface area contributed by atoms with E-state index in [2.05, 4.69) is 9.88 Å². The molecule has 1 aromatic heterocycles. The maximum absolute atomic E-state index is 13.7. The average Bonchev–Trinajstić information content (AvgIpc) is 3.42. The highest BCUT2D eigenvalue weighted by Gasteiger charge is 2.64. The topological polar surface area (TPSA) is 110 Å². The fraction of sp³-hybridized carbons (Fsp3) is 0.345. The van der Waals surface area contributed by atoms with Crippen LogP contribution >= 0.6 is 0 Å². The quantitative estimate of drug-likeness (QED) is 0.463. The number of benzene rings is 2. The summed E-state index contributed by atoms with van der Waals surface area (Å²) < 4.78 is 23.1.